The summed E-state index contributed by atoms with van der Waals surface area (Å²) in [6, 6.07) is 16.5. The maximum Gasteiger partial charge on any atom is 0.335 e. The molecule has 5 heteroatoms. The van der Waals surface area contributed by atoms with Crippen LogP contribution >= 0.6 is 15.9 Å². The van der Waals surface area contributed by atoms with Gasteiger partial charge in [0, 0.05) is 10.0 Å². The van der Waals surface area contributed by atoms with Crippen LogP contribution in [-0.2, 0) is 0 Å². The minimum Gasteiger partial charge on any atom is -0.478 e. The Bertz CT molecular complexity index is 777. The molecule has 0 aliphatic heterocycles. The Morgan fingerprint density at radius 1 is 1.00 bits per heavy atom. The van der Waals surface area contributed by atoms with Crippen LogP contribution in [0, 0.1) is 0 Å². The van der Waals surface area contributed by atoms with E-state index in [4.69, 9.17) is 5.11 Å². The fraction of sp³-hybridized carbons (Fsp3) is 0. The van der Waals surface area contributed by atoms with E-state index in [0.717, 1.165) is 27.0 Å². The van der Waals surface area contributed by atoms with Crippen LogP contribution in [0.25, 0.3) is 22.5 Å². The number of hydrogen-bond acceptors (Lipinski definition) is 2. The molecule has 0 aliphatic carbocycles. The average Bonchev–Trinajstić information content (AvgIpc) is 2.98. The molecule has 1 heterocycles. The molecule has 0 radical (unpaired) electrons. The number of rotatable bonds is 3. The lowest BCUT2D eigenvalue weighted by molar-refractivity contribution is 0.0697. The number of benzene rings is 2. The Labute approximate surface area is 129 Å². The van der Waals surface area contributed by atoms with Crippen LogP contribution in [0.15, 0.2) is 59.1 Å². The Kier molecular flexibility index (Phi) is 3.58. The van der Waals surface area contributed by atoms with Crippen molar-refractivity contribution < 1.29 is 9.90 Å². The number of hydrogen-bond donors (Lipinski definition) is 2. The van der Waals surface area contributed by atoms with Crippen molar-refractivity contribution in [2.75, 3.05) is 0 Å². The molecule has 4 nitrogen and oxygen atoms in total. The lowest BCUT2D eigenvalue weighted by Gasteiger charge is -1.98. The molecule has 3 rings (SSSR count). The van der Waals surface area contributed by atoms with E-state index >= 15 is 0 Å². The molecule has 3 aromatic rings. The molecule has 0 atom stereocenters. The Morgan fingerprint density at radius 3 is 2.24 bits per heavy atom. The molecule has 0 saturated carbocycles. The third-order valence-electron chi connectivity index (χ3n) is 3.16. The first-order chi connectivity index (χ1) is 10.1. The summed E-state index contributed by atoms with van der Waals surface area (Å²) < 4.78 is 1.02. The van der Waals surface area contributed by atoms with E-state index in [2.05, 4.69) is 26.1 Å². The van der Waals surface area contributed by atoms with Crippen LogP contribution in [0.1, 0.15) is 10.4 Å². The van der Waals surface area contributed by atoms with E-state index in [1.54, 1.807) is 24.3 Å². The van der Waals surface area contributed by atoms with Gasteiger partial charge in [0.25, 0.3) is 0 Å². The van der Waals surface area contributed by atoms with Crippen molar-refractivity contribution in [1.82, 2.24) is 10.2 Å². The van der Waals surface area contributed by atoms with Crippen LogP contribution in [0.4, 0.5) is 0 Å². The summed E-state index contributed by atoms with van der Waals surface area (Å²) in [6.07, 6.45) is 0. The number of H-pyrrole nitrogens is 1. The topological polar surface area (TPSA) is 66.0 Å². The van der Waals surface area contributed by atoms with Crippen LogP contribution in [0.3, 0.4) is 0 Å². The molecule has 0 aliphatic rings. The van der Waals surface area contributed by atoms with Crippen LogP contribution in [0.2, 0.25) is 0 Å². The smallest absolute Gasteiger partial charge is 0.335 e. The predicted octanol–water partition coefficient (Wildman–Crippen LogP) is 4.20. The zero-order chi connectivity index (χ0) is 14.8. The maximum absolute atomic E-state index is 10.8. The number of aromatic nitrogens is 2. The molecule has 1 aromatic heterocycles. The van der Waals surface area contributed by atoms with Crippen molar-refractivity contribution in [3.8, 4) is 22.5 Å². The Morgan fingerprint density at radius 2 is 1.62 bits per heavy atom. The highest BCUT2D eigenvalue weighted by Crippen LogP contribution is 2.25. The number of carboxylic acid groups (broad SMARTS) is 1. The third-order valence-corrected chi connectivity index (χ3v) is 3.69. The molecule has 21 heavy (non-hydrogen) atoms. The molecule has 0 fully saturated rings. The van der Waals surface area contributed by atoms with E-state index in [0.29, 0.717) is 0 Å². The van der Waals surface area contributed by atoms with Gasteiger partial charge in [0.2, 0.25) is 0 Å². The summed E-state index contributed by atoms with van der Waals surface area (Å²) in [7, 11) is 0. The second kappa shape index (κ2) is 5.54. The van der Waals surface area contributed by atoms with Crippen LogP contribution in [-0.4, -0.2) is 21.3 Å². The summed E-state index contributed by atoms with van der Waals surface area (Å²) in [6.45, 7) is 0. The lowest BCUT2D eigenvalue weighted by Crippen LogP contribution is -1.94. The summed E-state index contributed by atoms with van der Waals surface area (Å²) in [5.41, 5.74) is 3.88. The average molecular weight is 343 g/mol. The second-order valence-corrected chi connectivity index (χ2v) is 5.47. The second-order valence-electron chi connectivity index (χ2n) is 4.56. The number of aromatic amines is 1. The van der Waals surface area contributed by atoms with Gasteiger partial charge in [0.05, 0.1) is 17.0 Å². The number of aromatic carboxylic acids is 1. The number of nitrogens with one attached hydrogen (secondary N) is 1. The van der Waals surface area contributed by atoms with Crippen LogP contribution in [0.5, 0.6) is 0 Å². The first kappa shape index (κ1) is 13.6. The Hall–Kier alpha value is -2.40. The molecule has 2 N–H and O–H groups in total. The summed E-state index contributed by atoms with van der Waals surface area (Å²) >= 11 is 3.40. The largest absolute Gasteiger partial charge is 0.478 e. The van der Waals surface area contributed by atoms with Crippen molar-refractivity contribution in [2.45, 2.75) is 0 Å². The van der Waals surface area contributed by atoms with Gasteiger partial charge in [-0.1, -0.05) is 40.2 Å². The molecule has 0 spiro atoms. The van der Waals surface area contributed by atoms with Gasteiger partial charge in [0.15, 0.2) is 0 Å². The van der Waals surface area contributed by atoms with Gasteiger partial charge in [-0.2, -0.15) is 5.10 Å². The molecule has 104 valence electrons. The Balaban J connectivity index is 1.90. The first-order valence-corrected chi connectivity index (χ1v) is 7.08. The standard InChI is InChI=1S/C16H11BrN2O2/c17-13-7-5-11(6-8-13)15-9-14(18-19-15)10-1-3-12(4-2-10)16(20)21/h1-9H,(H,18,19)(H,20,21). The highest BCUT2D eigenvalue weighted by Gasteiger charge is 2.07. The van der Waals surface area contributed by atoms with Gasteiger partial charge in [-0.3, -0.25) is 5.10 Å². The fourth-order valence-electron chi connectivity index (χ4n) is 2.03. The highest BCUT2D eigenvalue weighted by atomic mass is 79.9. The molecule has 0 bridgehead atoms. The van der Waals surface area contributed by atoms with E-state index in [1.807, 2.05) is 30.3 Å². The third kappa shape index (κ3) is 2.87. The van der Waals surface area contributed by atoms with Crippen LogP contribution < -0.4 is 0 Å². The zero-order valence-electron chi connectivity index (χ0n) is 10.9. The van der Waals surface area contributed by atoms with Crippen molar-refractivity contribution in [3.05, 3.63) is 64.6 Å². The van der Waals surface area contributed by atoms with Gasteiger partial charge >= 0.3 is 5.97 Å². The van der Waals surface area contributed by atoms with Crippen molar-refractivity contribution in [2.24, 2.45) is 0 Å². The highest BCUT2D eigenvalue weighted by molar-refractivity contribution is 9.10. The summed E-state index contributed by atoms with van der Waals surface area (Å²) in [5.74, 6) is -0.931. The first-order valence-electron chi connectivity index (χ1n) is 6.28. The van der Waals surface area contributed by atoms with E-state index < -0.39 is 5.97 Å². The molecule has 0 unspecified atom stereocenters. The maximum atomic E-state index is 10.8. The predicted molar refractivity (Wildman–Crippen MR) is 84.1 cm³/mol. The minimum absolute atomic E-state index is 0.266. The molecule has 0 saturated heterocycles. The lowest BCUT2D eigenvalue weighted by atomic mass is 10.1. The quantitative estimate of drug-likeness (QED) is 0.749. The van der Waals surface area contributed by atoms with E-state index in [-0.39, 0.29) is 5.56 Å². The molecule has 2 aromatic carbocycles. The SMILES string of the molecule is O=C(O)c1ccc(-c2cc(-c3ccc(Br)cc3)[nH]n2)cc1. The minimum atomic E-state index is -0.931. The normalized spacial score (nSPS) is 10.5. The van der Waals surface area contributed by atoms with E-state index in [9.17, 15) is 4.79 Å². The van der Waals surface area contributed by atoms with Gasteiger partial charge in [-0.15, -0.1) is 0 Å². The van der Waals surface area contributed by atoms with E-state index in [1.165, 1.54) is 0 Å². The molecular formula is C16H11BrN2O2. The van der Waals surface area contributed by atoms with Gasteiger partial charge in [-0.25, -0.2) is 4.79 Å². The van der Waals surface area contributed by atoms with Crippen molar-refractivity contribution >= 4 is 21.9 Å². The zero-order valence-corrected chi connectivity index (χ0v) is 12.5. The number of nitrogens with zero attached hydrogens (tertiary/aromatic N) is 1. The van der Waals surface area contributed by atoms with Gasteiger partial charge in [0.1, 0.15) is 0 Å². The van der Waals surface area contributed by atoms with Crippen molar-refractivity contribution in [3.63, 3.8) is 0 Å². The number of carboxylic acids is 1. The van der Waals surface area contributed by atoms with Gasteiger partial charge in [-0.05, 0) is 35.9 Å². The van der Waals surface area contributed by atoms with Crippen molar-refractivity contribution in [1.29, 1.82) is 0 Å². The molecule has 0 amide bonds. The summed E-state index contributed by atoms with van der Waals surface area (Å²) in [4.78, 5) is 10.8. The monoisotopic (exact) mass is 342 g/mol. The van der Waals surface area contributed by atoms with Gasteiger partial charge < -0.3 is 5.11 Å². The fourth-order valence-corrected chi connectivity index (χ4v) is 2.29. The molecular weight excluding hydrogens is 332 g/mol. The number of halogens is 1. The summed E-state index contributed by atoms with van der Waals surface area (Å²) in [5, 5.41) is 16.2. The number of carbonyl (C=O) groups is 1.